The number of carbonyl (C=O) groups is 1. The summed E-state index contributed by atoms with van der Waals surface area (Å²) in [7, 11) is 1.64. The van der Waals surface area contributed by atoms with Gasteiger partial charge in [-0.3, -0.25) is 4.79 Å². The van der Waals surface area contributed by atoms with Gasteiger partial charge in [-0.2, -0.15) is 0 Å². The average molecular weight is 236 g/mol. The second kappa shape index (κ2) is 6.28. The van der Waals surface area contributed by atoms with Crippen molar-refractivity contribution in [2.75, 3.05) is 7.11 Å². The third-order valence-corrected chi connectivity index (χ3v) is 2.51. The lowest BCUT2D eigenvalue weighted by molar-refractivity contribution is -0.147. The summed E-state index contributed by atoms with van der Waals surface area (Å²) in [4.78, 5) is 11.6. The van der Waals surface area contributed by atoms with Crippen molar-refractivity contribution in [1.82, 2.24) is 0 Å². The number of para-hydroxylation sites is 1. The van der Waals surface area contributed by atoms with E-state index in [2.05, 4.69) is 0 Å². The molecule has 0 aliphatic rings. The van der Waals surface area contributed by atoms with Gasteiger partial charge in [-0.05, 0) is 31.4 Å². The number of benzene rings is 1. The van der Waals surface area contributed by atoms with Crippen molar-refractivity contribution in [3.05, 3.63) is 29.8 Å². The molecular weight excluding hydrogens is 216 g/mol. The number of ether oxygens (including phenoxy) is 2. The summed E-state index contributed by atoms with van der Waals surface area (Å²) in [6.45, 7) is 5.71. The van der Waals surface area contributed by atoms with Gasteiger partial charge in [-0.15, -0.1) is 0 Å². The van der Waals surface area contributed by atoms with Crippen LogP contribution in [0.3, 0.4) is 0 Å². The van der Waals surface area contributed by atoms with Gasteiger partial charge in [0.25, 0.3) is 0 Å². The molecule has 0 N–H and O–H groups in total. The zero-order chi connectivity index (χ0) is 12.8. The minimum Gasteiger partial charge on any atom is -0.496 e. The van der Waals surface area contributed by atoms with E-state index in [1.54, 1.807) is 7.11 Å². The molecule has 94 valence electrons. The summed E-state index contributed by atoms with van der Waals surface area (Å²) in [6, 6.07) is 7.75. The Morgan fingerprint density at radius 2 is 1.88 bits per heavy atom. The quantitative estimate of drug-likeness (QED) is 0.737. The molecular formula is C14H20O3. The number of esters is 1. The molecule has 1 aromatic carbocycles. The van der Waals surface area contributed by atoms with Crippen molar-refractivity contribution in [2.45, 2.75) is 39.2 Å². The summed E-state index contributed by atoms with van der Waals surface area (Å²) in [5.74, 6) is 0.744. The zero-order valence-corrected chi connectivity index (χ0v) is 10.9. The summed E-state index contributed by atoms with van der Waals surface area (Å²) in [5.41, 5.74) is 1.04. The SMILES string of the molecule is COc1ccccc1C(C)CC(=O)OC(C)C. The van der Waals surface area contributed by atoms with Gasteiger partial charge in [0.2, 0.25) is 0 Å². The Labute approximate surface area is 103 Å². The molecule has 0 spiro atoms. The van der Waals surface area contributed by atoms with Crippen LogP contribution in [0.4, 0.5) is 0 Å². The van der Waals surface area contributed by atoms with Crippen LogP contribution < -0.4 is 4.74 Å². The third kappa shape index (κ3) is 4.10. The summed E-state index contributed by atoms with van der Waals surface area (Å²) in [5, 5.41) is 0. The first-order chi connectivity index (χ1) is 8.04. The van der Waals surface area contributed by atoms with E-state index in [-0.39, 0.29) is 18.0 Å². The highest BCUT2D eigenvalue weighted by Crippen LogP contribution is 2.28. The standard InChI is InChI=1S/C14H20O3/c1-10(2)17-14(15)9-11(3)12-7-5-6-8-13(12)16-4/h5-8,10-11H,9H2,1-4H3. The van der Waals surface area contributed by atoms with Crippen LogP contribution in [0.2, 0.25) is 0 Å². The normalized spacial score (nSPS) is 12.3. The van der Waals surface area contributed by atoms with Gasteiger partial charge < -0.3 is 9.47 Å². The van der Waals surface area contributed by atoms with Gasteiger partial charge in [-0.1, -0.05) is 25.1 Å². The van der Waals surface area contributed by atoms with Crippen molar-refractivity contribution in [3.63, 3.8) is 0 Å². The van der Waals surface area contributed by atoms with E-state index in [1.807, 2.05) is 45.0 Å². The monoisotopic (exact) mass is 236 g/mol. The molecule has 0 amide bonds. The van der Waals surface area contributed by atoms with Crippen LogP contribution >= 0.6 is 0 Å². The summed E-state index contributed by atoms with van der Waals surface area (Å²) < 4.78 is 10.4. The minimum atomic E-state index is -0.168. The average Bonchev–Trinajstić information content (AvgIpc) is 2.27. The van der Waals surface area contributed by atoms with E-state index in [9.17, 15) is 4.79 Å². The molecule has 0 aliphatic carbocycles. The summed E-state index contributed by atoms with van der Waals surface area (Å²) in [6.07, 6.45) is 0.311. The van der Waals surface area contributed by atoms with E-state index in [0.717, 1.165) is 11.3 Å². The van der Waals surface area contributed by atoms with Crippen LogP contribution in [-0.2, 0) is 9.53 Å². The summed E-state index contributed by atoms with van der Waals surface area (Å²) >= 11 is 0. The molecule has 1 atom stereocenters. The fourth-order valence-corrected chi connectivity index (χ4v) is 1.74. The van der Waals surface area contributed by atoms with Crippen molar-refractivity contribution >= 4 is 5.97 Å². The van der Waals surface area contributed by atoms with Crippen molar-refractivity contribution < 1.29 is 14.3 Å². The number of carbonyl (C=O) groups excluding carboxylic acids is 1. The Kier molecular flexibility index (Phi) is 5.01. The maximum absolute atomic E-state index is 11.6. The van der Waals surface area contributed by atoms with Gasteiger partial charge in [0, 0.05) is 0 Å². The Hall–Kier alpha value is -1.51. The Balaban J connectivity index is 2.69. The van der Waals surface area contributed by atoms with Gasteiger partial charge in [0.1, 0.15) is 5.75 Å². The number of rotatable bonds is 5. The largest absolute Gasteiger partial charge is 0.496 e. The molecule has 0 heterocycles. The lowest BCUT2D eigenvalue weighted by Gasteiger charge is -2.15. The fraction of sp³-hybridized carbons (Fsp3) is 0.500. The van der Waals surface area contributed by atoms with E-state index in [1.165, 1.54) is 0 Å². The highest BCUT2D eigenvalue weighted by atomic mass is 16.5. The highest BCUT2D eigenvalue weighted by molar-refractivity contribution is 5.70. The van der Waals surface area contributed by atoms with Crippen LogP contribution in [0.15, 0.2) is 24.3 Å². The Morgan fingerprint density at radius 3 is 2.47 bits per heavy atom. The fourth-order valence-electron chi connectivity index (χ4n) is 1.74. The van der Waals surface area contributed by atoms with Gasteiger partial charge in [0.05, 0.1) is 19.6 Å². The molecule has 0 bridgehead atoms. The van der Waals surface area contributed by atoms with Crippen LogP contribution in [0, 0.1) is 0 Å². The highest BCUT2D eigenvalue weighted by Gasteiger charge is 2.16. The molecule has 3 nitrogen and oxygen atoms in total. The molecule has 0 fully saturated rings. The van der Waals surface area contributed by atoms with Crippen LogP contribution in [0.25, 0.3) is 0 Å². The Bertz CT molecular complexity index is 371. The molecule has 1 aromatic rings. The van der Waals surface area contributed by atoms with Crippen LogP contribution in [0.1, 0.15) is 38.7 Å². The predicted molar refractivity (Wildman–Crippen MR) is 67.3 cm³/mol. The lowest BCUT2D eigenvalue weighted by Crippen LogP contribution is -2.14. The molecule has 3 heteroatoms. The molecule has 0 radical (unpaired) electrons. The van der Waals surface area contributed by atoms with E-state index in [0.29, 0.717) is 6.42 Å². The molecule has 0 saturated heterocycles. The van der Waals surface area contributed by atoms with E-state index in [4.69, 9.17) is 9.47 Å². The third-order valence-electron chi connectivity index (χ3n) is 2.51. The smallest absolute Gasteiger partial charge is 0.306 e. The number of methoxy groups -OCH3 is 1. The van der Waals surface area contributed by atoms with Gasteiger partial charge >= 0.3 is 5.97 Å². The molecule has 17 heavy (non-hydrogen) atoms. The van der Waals surface area contributed by atoms with Gasteiger partial charge in [-0.25, -0.2) is 0 Å². The first-order valence-electron chi connectivity index (χ1n) is 5.87. The predicted octanol–water partition coefficient (Wildman–Crippen LogP) is 3.14. The first kappa shape index (κ1) is 13.6. The minimum absolute atomic E-state index is 0.0626. The lowest BCUT2D eigenvalue weighted by atomic mass is 9.97. The first-order valence-corrected chi connectivity index (χ1v) is 5.87. The number of hydrogen-bond acceptors (Lipinski definition) is 3. The zero-order valence-electron chi connectivity index (χ0n) is 10.9. The number of hydrogen-bond donors (Lipinski definition) is 0. The molecule has 0 aliphatic heterocycles. The maximum Gasteiger partial charge on any atom is 0.306 e. The molecule has 1 rings (SSSR count). The topological polar surface area (TPSA) is 35.5 Å². The van der Waals surface area contributed by atoms with Gasteiger partial charge in [0.15, 0.2) is 0 Å². The van der Waals surface area contributed by atoms with E-state index < -0.39 is 0 Å². The molecule has 1 unspecified atom stereocenters. The second-order valence-electron chi connectivity index (χ2n) is 4.39. The van der Waals surface area contributed by atoms with Crippen molar-refractivity contribution in [2.24, 2.45) is 0 Å². The van der Waals surface area contributed by atoms with E-state index >= 15 is 0 Å². The molecule has 0 saturated carbocycles. The van der Waals surface area contributed by atoms with Crippen LogP contribution in [0.5, 0.6) is 5.75 Å². The maximum atomic E-state index is 11.6. The molecule has 0 aromatic heterocycles. The van der Waals surface area contributed by atoms with Crippen molar-refractivity contribution in [1.29, 1.82) is 0 Å². The van der Waals surface area contributed by atoms with Crippen LogP contribution in [-0.4, -0.2) is 19.2 Å². The second-order valence-corrected chi connectivity index (χ2v) is 4.39. The Morgan fingerprint density at radius 1 is 1.24 bits per heavy atom. The van der Waals surface area contributed by atoms with Crippen molar-refractivity contribution in [3.8, 4) is 5.75 Å².